The van der Waals surface area contributed by atoms with Crippen molar-refractivity contribution in [3.8, 4) is 0 Å². The zero-order valence-electron chi connectivity index (χ0n) is 4.24. The van der Waals surface area contributed by atoms with Crippen molar-refractivity contribution >= 4 is 0 Å². The Morgan fingerprint density at radius 3 is 1.86 bits per heavy atom. The van der Waals surface area contributed by atoms with E-state index in [1.54, 1.807) is 0 Å². The Labute approximate surface area is 56.3 Å². The van der Waals surface area contributed by atoms with E-state index in [9.17, 15) is 0 Å². The molecule has 0 bridgehead atoms. The summed E-state index contributed by atoms with van der Waals surface area (Å²) in [5, 5.41) is 16.2. The van der Waals surface area contributed by atoms with Gasteiger partial charge in [-0.2, -0.15) is 0 Å². The fraction of sp³-hybridized carbons (Fsp3) is 1.00. The number of aliphatic hydroxyl groups excluding tert-OH is 1. The van der Waals surface area contributed by atoms with Gasteiger partial charge in [0.05, 0.1) is 0 Å². The second-order valence-corrected chi connectivity index (χ2v) is 1.27. The second-order valence-electron chi connectivity index (χ2n) is 1.27. The van der Waals surface area contributed by atoms with E-state index in [4.69, 9.17) is 10.2 Å². The van der Waals surface area contributed by atoms with Crippen LogP contribution in [-0.2, 0) is 19.5 Å². The maximum Gasteiger partial charge on any atom is 0.151 e. The molecule has 0 aromatic rings. The molecule has 0 aliphatic rings. The van der Waals surface area contributed by atoms with Gasteiger partial charge in [0.1, 0.15) is 0 Å². The van der Waals surface area contributed by atoms with Crippen LogP contribution in [0.5, 0.6) is 0 Å². The molecule has 0 aromatic heterocycles. The van der Waals surface area contributed by atoms with Gasteiger partial charge < -0.3 is 10.2 Å². The fourth-order valence-corrected chi connectivity index (χ4v) is 0.258. The summed E-state index contributed by atoms with van der Waals surface area (Å²) < 4.78 is 0. The van der Waals surface area contributed by atoms with Crippen LogP contribution in [0.3, 0.4) is 0 Å². The van der Waals surface area contributed by atoms with E-state index >= 15 is 0 Å². The van der Waals surface area contributed by atoms with Crippen LogP contribution in [0.15, 0.2) is 0 Å². The quantitative estimate of drug-likeness (QED) is 0.480. The molecule has 7 heavy (non-hydrogen) atoms. The van der Waals surface area contributed by atoms with Crippen molar-refractivity contribution in [2.45, 2.75) is 26.1 Å². The van der Waals surface area contributed by atoms with Crippen molar-refractivity contribution in [1.82, 2.24) is 0 Å². The maximum absolute atomic E-state index is 8.11. The molecule has 0 radical (unpaired) electrons. The predicted molar refractivity (Wildman–Crippen MR) is 23.1 cm³/mol. The van der Waals surface area contributed by atoms with Crippen LogP contribution in [0, 0.1) is 0 Å². The third-order valence-corrected chi connectivity index (χ3v) is 0.547. The Balaban J connectivity index is 0. The SMILES string of the molecule is CCCC(O)O.[Ru]. The smallest absolute Gasteiger partial charge is 0.151 e. The molecule has 0 saturated heterocycles. The molecule has 3 heteroatoms. The molecule has 0 fully saturated rings. The zero-order chi connectivity index (χ0) is 4.99. The van der Waals surface area contributed by atoms with Gasteiger partial charge in [0.15, 0.2) is 6.29 Å². The molecule has 0 aliphatic carbocycles. The largest absolute Gasteiger partial charge is 0.368 e. The van der Waals surface area contributed by atoms with E-state index in [0.717, 1.165) is 6.42 Å². The van der Waals surface area contributed by atoms with Gasteiger partial charge in [-0.05, 0) is 6.42 Å². The predicted octanol–water partition coefficient (Wildman–Crippen LogP) is 0.0947. The summed E-state index contributed by atoms with van der Waals surface area (Å²) in [6, 6.07) is 0. The second kappa shape index (κ2) is 6.54. The summed E-state index contributed by atoms with van der Waals surface area (Å²) in [6.07, 6.45) is 0.215. The standard InChI is InChI=1S/C4H10O2.Ru/c1-2-3-4(5)6;/h4-6H,2-3H2,1H3;. The van der Waals surface area contributed by atoms with Crippen molar-refractivity contribution in [1.29, 1.82) is 0 Å². The van der Waals surface area contributed by atoms with E-state index in [0.29, 0.717) is 6.42 Å². The number of rotatable bonds is 2. The molecule has 0 rings (SSSR count). The third kappa shape index (κ3) is 10.8. The minimum absolute atomic E-state index is 0. The summed E-state index contributed by atoms with van der Waals surface area (Å²) >= 11 is 0. The summed E-state index contributed by atoms with van der Waals surface area (Å²) in [7, 11) is 0. The first-order chi connectivity index (χ1) is 2.77. The van der Waals surface area contributed by atoms with Gasteiger partial charge in [0, 0.05) is 19.5 Å². The minimum Gasteiger partial charge on any atom is -0.368 e. The molecule has 46 valence electrons. The zero-order valence-corrected chi connectivity index (χ0v) is 5.98. The van der Waals surface area contributed by atoms with Crippen LogP contribution < -0.4 is 0 Å². The molecule has 0 spiro atoms. The topological polar surface area (TPSA) is 40.5 Å². The Morgan fingerprint density at radius 2 is 1.86 bits per heavy atom. The van der Waals surface area contributed by atoms with Crippen LogP contribution in [-0.4, -0.2) is 16.5 Å². The first kappa shape index (κ1) is 10.5. The van der Waals surface area contributed by atoms with E-state index in [1.165, 1.54) is 0 Å². The van der Waals surface area contributed by atoms with Crippen molar-refractivity contribution in [2.75, 3.05) is 0 Å². The van der Waals surface area contributed by atoms with Gasteiger partial charge >= 0.3 is 0 Å². The van der Waals surface area contributed by atoms with E-state index in [2.05, 4.69) is 0 Å². The molecule has 2 N–H and O–H groups in total. The number of aliphatic hydroxyl groups is 2. The summed E-state index contributed by atoms with van der Waals surface area (Å²) in [5.74, 6) is 0. The van der Waals surface area contributed by atoms with Crippen molar-refractivity contribution in [2.24, 2.45) is 0 Å². The monoisotopic (exact) mass is 192 g/mol. The first-order valence-electron chi connectivity index (χ1n) is 2.13. The Kier molecular flexibility index (Phi) is 9.82. The molecule has 0 atom stereocenters. The summed E-state index contributed by atoms with van der Waals surface area (Å²) in [5.41, 5.74) is 0. The summed E-state index contributed by atoms with van der Waals surface area (Å²) in [6.45, 7) is 1.90. The Morgan fingerprint density at radius 1 is 1.43 bits per heavy atom. The van der Waals surface area contributed by atoms with Crippen LogP contribution in [0.25, 0.3) is 0 Å². The molecule has 0 aromatic carbocycles. The van der Waals surface area contributed by atoms with E-state index in [-0.39, 0.29) is 19.5 Å². The molecule has 0 heterocycles. The third-order valence-electron chi connectivity index (χ3n) is 0.547. The maximum atomic E-state index is 8.11. The van der Waals surface area contributed by atoms with Gasteiger partial charge in [-0.15, -0.1) is 0 Å². The van der Waals surface area contributed by atoms with Crippen LogP contribution in [0.2, 0.25) is 0 Å². The number of hydrogen-bond acceptors (Lipinski definition) is 2. The van der Waals surface area contributed by atoms with Crippen LogP contribution in [0.4, 0.5) is 0 Å². The molecule has 0 amide bonds. The van der Waals surface area contributed by atoms with E-state index in [1.807, 2.05) is 6.92 Å². The molecular formula is C4H10O2Ru. The van der Waals surface area contributed by atoms with Gasteiger partial charge in [-0.1, -0.05) is 13.3 Å². The van der Waals surface area contributed by atoms with Gasteiger partial charge in [-0.25, -0.2) is 0 Å². The van der Waals surface area contributed by atoms with Crippen molar-refractivity contribution in [3.63, 3.8) is 0 Å². The number of hydrogen-bond donors (Lipinski definition) is 2. The minimum atomic E-state index is -1.10. The average molecular weight is 191 g/mol. The molecule has 2 nitrogen and oxygen atoms in total. The van der Waals surface area contributed by atoms with Crippen LogP contribution >= 0.6 is 0 Å². The first-order valence-corrected chi connectivity index (χ1v) is 2.13. The Bertz CT molecular complexity index is 30.9. The Hall–Kier alpha value is 0.543. The van der Waals surface area contributed by atoms with Gasteiger partial charge in [-0.3, -0.25) is 0 Å². The molecular weight excluding hydrogens is 181 g/mol. The normalized spacial score (nSPS) is 8.57. The van der Waals surface area contributed by atoms with Gasteiger partial charge in [0.25, 0.3) is 0 Å². The summed E-state index contributed by atoms with van der Waals surface area (Å²) in [4.78, 5) is 0. The van der Waals surface area contributed by atoms with Crippen molar-refractivity contribution in [3.05, 3.63) is 0 Å². The molecule has 0 saturated carbocycles. The van der Waals surface area contributed by atoms with E-state index < -0.39 is 6.29 Å². The van der Waals surface area contributed by atoms with Crippen molar-refractivity contribution < 1.29 is 29.7 Å². The molecule has 0 aliphatic heterocycles. The molecule has 0 unspecified atom stereocenters. The van der Waals surface area contributed by atoms with Gasteiger partial charge in [0.2, 0.25) is 0 Å². The van der Waals surface area contributed by atoms with Crippen LogP contribution in [0.1, 0.15) is 19.8 Å². The average Bonchev–Trinajstić information content (AvgIpc) is 1.35. The fourth-order valence-electron chi connectivity index (χ4n) is 0.258.